The van der Waals surface area contributed by atoms with E-state index in [2.05, 4.69) is 21.2 Å². The summed E-state index contributed by atoms with van der Waals surface area (Å²) in [5.41, 5.74) is -0.897. The molecule has 4 nitrogen and oxygen atoms in total. The van der Waals surface area contributed by atoms with Crippen molar-refractivity contribution in [2.75, 3.05) is 18.5 Å². The zero-order valence-corrected chi connectivity index (χ0v) is 10.0. The first-order valence-electron chi connectivity index (χ1n) is 4.66. The van der Waals surface area contributed by atoms with Crippen LogP contribution in [0.15, 0.2) is 0 Å². The highest BCUT2D eigenvalue weighted by molar-refractivity contribution is 9.09. The number of rotatable bonds is 7. The Morgan fingerprint density at radius 1 is 1.36 bits per heavy atom. The van der Waals surface area contributed by atoms with Gasteiger partial charge in [-0.3, -0.25) is 4.79 Å². The number of hydrogen-bond acceptors (Lipinski definition) is 3. The van der Waals surface area contributed by atoms with Crippen LogP contribution in [0.1, 0.15) is 26.2 Å². The van der Waals surface area contributed by atoms with E-state index in [-0.39, 0.29) is 19.1 Å². The van der Waals surface area contributed by atoms with E-state index in [1.54, 1.807) is 6.92 Å². The van der Waals surface area contributed by atoms with E-state index in [0.717, 1.165) is 18.2 Å². The summed E-state index contributed by atoms with van der Waals surface area (Å²) in [6, 6.07) is 0. The lowest BCUT2D eigenvalue weighted by molar-refractivity contribution is -0.124. The van der Waals surface area contributed by atoms with Crippen molar-refractivity contribution in [2.45, 2.75) is 31.7 Å². The van der Waals surface area contributed by atoms with Gasteiger partial charge >= 0.3 is 0 Å². The normalized spacial score (nSPS) is 11.4. The van der Waals surface area contributed by atoms with Crippen LogP contribution in [0.3, 0.4) is 0 Å². The van der Waals surface area contributed by atoms with E-state index < -0.39 is 5.54 Å². The lowest BCUT2D eigenvalue weighted by atomic mass is 10.1. The van der Waals surface area contributed by atoms with Gasteiger partial charge in [-0.15, -0.1) is 0 Å². The number of unbranched alkanes of at least 4 members (excludes halogenated alkanes) is 1. The van der Waals surface area contributed by atoms with Crippen molar-refractivity contribution in [3.8, 4) is 0 Å². The minimum atomic E-state index is -0.897. The Bertz CT molecular complexity index is 171. The number of nitrogens with one attached hydrogen (secondary N) is 1. The molecule has 0 aliphatic rings. The molecule has 0 saturated heterocycles. The first-order chi connectivity index (χ1) is 6.58. The van der Waals surface area contributed by atoms with Crippen molar-refractivity contribution in [3.05, 3.63) is 0 Å². The summed E-state index contributed by atoms with van der Waals surface area (Å²) in [6.45, 7) is 1.09. The summed E-state index contributed by atoms with van der Waals surface area (Å²) in [4.78, 5) is 11.3. The summed E-state index contributed by atoms with van der Waals surface area (Å²) in [5, 5.41) is 21.3. The van der Waals surface area contributed by atoms with Gasteiger partial charge in [0.15, 0.2) is 0 Å². The molecule has 0 aromatic carbocycles. The van der Waals surface area contributed by atoms with Crippen LogP contribution in [0, 0.1) is 0 Å². The second-order valence-electron chi connectivity index (χ2n) is 3.57. The molecule has 0 rings (SSSR count). The largest absolute Gasteiger partial charge is 0.394 e. The number of aliphatic hydroxyl groups excluding tert-OH is 2. The zero-order valence-electron chi connectivity index (χ0n) is 8.42. The predicted molar refractivity (Wildman–Crippen MR) is 58.4 cm³/mol. The molecule has 5 heteroatoms. The maximum atomic E-state index is 11.3. The topological polar surface area (TPSA) is 69.6 Å². The fourth-order valence-electron chi connectivity index (χ4n) is 0.908. The molecule has 0 unspecified atom stereocenters. The molecule has 0 saturated carbocycles. The monoisotopic (exact) mass is 267 g/mol. The Balaban J connectivity index is 3.80. The molecule has 0 fully saturated rings. The van der Waals surface area contributed by atoms with Gasteiger partial charge in [-0.2, -0.15) is 0 Å². The zero-order chi connectivity index (χ0) is 11.0. The van der Waals surface area contributed by atoms with E-state index in [1.165, 1.54) is 0 Å². The number of halogens is 1. The SMILES string of the molecule is CC(CO)(CO)NC(=O)CCCCBr. The number of aliphatic hydroxyl groups is 2. The molecule has 0 bridgehead atoms. The highest BCUT2D eigenvalue weighted by Gasteiger charge is 2.23. The van der Waals surface area contributed by atoms with Crippen LogP contribution in [0.4, 0.5) is 0 Å². The molecule has 0 radical (unpaired) electrons. The van der Waals surface area contributed by atoms with Gasteiger partial charge in [-0.05, 0) is 19.8 Å². The standard InChI is InChI=1S/C9H18BrNO3/c1-9(6-12,7-13)11-8(14)4-2-3-5-10/h12-13H,2-7H2,1H3,(H,11,14). The molecule has 3 N–H and O–H groups in total. The van der Waals surface area contributed by atoms with Crippen LogP contribution in [0.5, 0.6) is 0 Å². The summed E-state index contributed by atoms with van der Waals surface area (Å²) < 4.78 is 0. The third-order valence-electron chi connectivity index (χ3n) is 1.93. The number of amides is 1. The Morgan fingerprint density at radius 3 is 2.36 bits per heavy atom. The van der Waals surface area contributed by atoms with Gasteiger partial charge in [0.2, 0.25) is 5.91 Å². The van der Waals surface area contributed by atoms with E-state index in [4.69, 9.17) is 10.2 Å². The van der Waals surface area contributed by atoms with Crippen molar-refractivity contribution in [1.29, 1.82) is 0 Å². The molecule has 84 valence electrons. The van der Waals surface area contributed by atoms with E-state index >= 15 is 0 Å². The van der Waals surface area contributed by atoms with Gasteiger partial charge in [-0.25, -0.2) is 0 Å². The predicted octanol–water partition coefficient (Wildman–Crippen LogP) is 0.411. The molecule has 1 amide bonds. The van der Waals surface area contributed by atoms with Crippen molar-refractivity contribution >= 4 is 21.8 Å². The van der Waals surface area contributed by atoms with Crippen molar-refractivity contribution in [3.63, 3.8) is 0 Å². The van der Waals surface area contributed by atoms with Gasteiger partial charge in [-0.1, -0.05) is 15.9 Å². The van der Waals surface area contributed by atoms with E-state index in [1.807, 2.05) is 0 Å². The number of alkyl halides is 1. The van der Waals surface area contributed by atoms with Crippen LogP contribution in [-0.2, 0) is 4.79 Å². The molecule has 0 atom stereocenters. The first kappa shape index (κ1) is 13.9. The van der Waals surface area contributed by atoms with Crippen molar-refractivity contribution in [2.24, 2.45) is 0 Å². The Kier molecular flexibility index (Phi) is 7.13. The number of carbonyl (C=O) groups is 1. The van der Waals surface area contributed by atoms with Crippen LogP contribution >= 0.6 is 15.9 Å². The van der Waals surface area contributed by atoms with Gasteiger partial charge in [0.25, 0.3) is 0 Å². The summed E-state index contributed by atoms with van der Waals surface area (Å²) in [5.74, 6) is -0.128. The summed E-state index contributed by atoms with van der Waals surface area (Å²) >= 11 is 3.28. The molecular weight excluding hydrogens is 250 g/mol. The minimum absolute atomic E-state index is 0.128. The fraction of sp³-hybridized carbons (Fsp3) is 0.889. The highest BCUT2D eigenvalue weighted by Crippen LogP contribution is 2.04. The molecule has 0 aliphatic carbocycles. The Morgan fingerprint density at radius 2 is 1.93 bits per heavy atom. The summed E-state index contributed by atoms with van der Waals surface area (Å²) in [6.07, 6.45) is 2.19. The van der Waals surface area contributed by atoms with E-state index in [0.29, 0.717) is 6.42 Å². The first-order valence-corrected chi connectivity index (χ1v) is 5.79. The second kappa shape index (κ2) is 7.20. The quantitative estimate of drug-likeness (QED) is 0.462. The lowest BCUT2D eigenvalue weighted by Crippen LogP contribution is -2.51. The molecule has 14 heavy (non-hydrogen) atoms. The molecular formula is C9H18BrNO3. The van der Waals surface area contributed by atoms with Crippen molar-refractivity contribution < 1.29 is 15.0 Å². The van der Waals surface area contributed by atoms with Gasteiger partial charge < -0.3 is 15.5 Å². The van der Waals surface area contributed by atoms with Gasteiger partial charge in [0.1, 0.15) is 0 Å². The van der Waals surface area contributed by atoms with Gasteiger partial charge in [0, 0.05) is 11.8 Å². The van der Waals surface area contributed by atoms with Crippen LogP contribution < -0.4 is 5.32 Å². The maximum Gasteiger partial charge on any atom is 0.220 e. The average molecular weight is 268 g/mol. The molecule has 0 heterocycles. The molecule has 0 aromatic heterocycles. The Labute approximate surface area is 92.8 Å². The third kappa shape index (κ3) is 5.57. The maximum absolute atomic E-state index is 11.3. The lowest BCUT2D eigenvalue weighted by Gasteiger charge is -2.26. The smallest absolute Gasteiger partial charge is 0.220 e. The number of carbonyl (C=O) groups excluding carboxylic acids is 1. The second-order valence-corrected chi connectivity index (χ2v) is 4.36. The van der Waals surface area contributed by atoms with E-state index in [9.17, 15) is 4.79 Å². The average Bonchev–Trinajstić information content (AvgIpc) is 2.18. The van der Waals surface area contributed by atoms with Crippen molar-refractivity contribution in [1.82, 2.24) is 5.32 Å². The molecule has 0 aromatic rings. The fourth-order valence-corrected chi connectivity index (χ4v) is 1.30. The molecule has 0 aliphatic heterocycles. The third-order valence-corrected chi connectivity index (χ3v) is 2.49. The molecule has 0 spiro atoms. The summed E-state index contributed by atoms with van der Waals surface area (Å²) in [7, 11) is 0. The Hall–Kier alpha value is -0.130. The number of hydrogen-bond donors (Lipinski definition) is 3. The van der Waals surface area contributed by atoms with Crippen LogP contribution in [0.2, 0.25) is 0 Å². The minimum Gasteiger partial charge on any atom is -0.394 e. The van der Waals surface area contributed by atoms with Crippen LogP contribution in [-0.4, -0.2) is 40.2 Å². The van der Waals surface area contributed by atoms with Crippen LogP contribution in [0.25, 0.3) is 0 Å². The van der Waals surface area contributed by atoms with Gasteiger partial charge in [0.05, 0.1) is 18.8 Å². The highest BCUT2D eigenvalue weighted by atomic mass is 79.9.